The Labute approximate surface area is 197 Å². The molecule has 0 aliphatic heterocycles. The van der Waals surface area contributed by atoms with E-state index in [4.69, 9.17) is 0 Å². The third-order valence-electron chi connectivity index (χ3n) is 5.95. The van der Waals surface area contributed by atoms with Crippen LogP contribution in [0.3, 0.4) is 0 Å². The molecule has 33 heavy (non-hydrogen) atoms. The van der Waals surface area contributed by atoms with Crippen LogP contribution in [0.15, 0.2) is 60.7 Å². The fourth-order valence-electron chi connectivity index (χ4n) is 3.69. The van der Waals surface area contributed by atoms with E-state index < -0.39 is 10.0 Å². The second kappa shape index (κ2) is 9.79. The monoisotopic (exact) mass is 464 g/mol. The minimum Gasteiger partial charge on any atom is -0.346 e. The summed E-state index contributed by atoms with van der Waals surface area (Å²) >= 11 is 0. The van der Waals surface area contributed by atoms with Gasteiger partial charge in [-0.1, -0.05) is 42.5 Å². The molecule has 1 N–H and O–H groups in total. The average Bonchev–Trinajstić information content (AvgIpc) is 2.75. The van der Waals surface area contributed by atoms with Crippen LogP contribution in [0.2, 0.25) is 0 Å². The summed E-state index contributed by atoms with van der Waals surface area (Å²) in [5.41, 5.74) is 7.36. The van der Waals surface area contributed by atoms with Crippen molar-refractivity contribution in [3.05, 3.63) is 99.6 Å². The predicted molar refractivity (Wildman–Crippen MR) is 135 cm³/mol. The molecule has 0 aliphatic rings. The van der Waals surface area contributed by atoms with Crippen LogP contribution in [0.4, 0.5) is 5.69 Å². The number of aryl methyl sites for hydroxylation is 4. The molecule has 3 aromatic rings. The fraction of sp³-hybridized carbons (Fsp3) is 0.296. The van der Waals surface area contributed by atoms with Crippen LogP contribution in [0, 0.1) is 27.7 Å². The molecule has 1 atom stereocenters. The maximum atomic E-state index is 12.8. The zero-order chi connectivity index (χ0) is 24.3. The highest BCUT2D eigenvalue weighted by molar-refractivity contribution is 7.92. The van der Waals surface area contributed by atoms with E-state index >= 15 is 0 Å². The number of sulfonamides is 1. The highest BCUT2D eigenvalue weighted by Gasteiger charge is 2.20. The normalized spacial score (nSPS) is 12.3. The Morgan fingerprint density at radius 1 is 0.879 bits per heavy atom. The largest absolute Gasteiger partial charge is 0.346 e. The zero-order valence-corrected chi connectivity index (χ0v) is 21.0. The SMILES string of the molecule is Cc1ccc(C)c(N(Cc2ccc(C(=O)N[C@@H](C)c3ccc(C)c(C)c3)cc2)S(C)(=O)=O)c1. The zero-order valence-electron chi connectivity index (χ0n) is 20.1. The fourth-order valence-corrected chi connectivity index (χ4v) is 4.63. The lowest BCUT2D eigenvalue weighted by Gasteiger charge is -2.25. The third kappa shape index (κ3) is 6.02. The lowest BCUT2D eigenvalue weighted by molar-refractivity contribution is 0.0940. The molecule has 1 amide bonds. The Morgan fingerprint density at radius 3 is 2.12 bits per heavy atom. The van der Waals surface area contributed by atoms with Gasteiger partial charge in [0.15, 0.2) is 0 Å². The minimum atomic E-state index is -3.48. The molecule has 0 radical (unpaired) electrons. The van der Waals surface area contributed by atoms with Crippen LogP contribution in [0.5, 0.6) is 0 Å². The summed E-state index contributed by atoms with van der Waals surface area (Å²) in [6.45, 7) is 10.1. The molecule has 6 heteroatoms. The van der Waals surface area contributed by atoms with Gasteiger partial charge in [0.1, 0.15) is 0 Å². The highest BCUT2D eigenvalue weighted by Crippen LogP contribution is 2.26. The van der Waals surface area contributed by atoms with Gasteiger partial charge in [-0.05, 0) is 86.2 Å². The molecule has 0 spiro atoms. The van der Waals surface area contributed by atoms with Crippen molar-refractivity contribution < 1.29 is 13.2 Å². The lowest BCUT2D eigenvalue weighted by Crippen LogP contribution is -2.30. The molecular formula is C27H32N2O3S. The summed E-state index contributed by atoms with van der Waals surface area (Å²) in [6, 6.07) is 18.9. The quantitative estimate of drug-likeness (QED) is 0.511. The molecule has 0 fully saturated rings. The number of anilines is 1. The van der Waals surface area contributed by atoms with Gasteiger partial charge in [0, 0.05) is 5.56 Å². The highest BCUT2D eigenvalue weighted by atomic mass is 32.2. The molecule has 0 aliphatic carbocycles. The standard InChI is InChI=1S/C27H32N2O3S/c1-18-7-8-20(3)26(15-18)29(33(6,31)32)17-23-10-13-24(14-11-23)27(30)28-22(5)25-12-9-19(2)21(4)16-25/h7-16,22H,17H2,1-6H3,(H,28,30)/t22-/m0/s1. The lowest BCUT2D eigenvalue weighted by atomic mass is 10.0. The molecule has 0 bridgehead atoms. The number of hydrogen-bond donors (Lipinski definition) is 1. The molecular weight excluding hydrogens is 432 g/mol. The molecule has 5 nitrogen and oxygen atoms in total. The molecule has 0 heterocycles. The van der Waals surface area contributed by atoms with Gasteiger partial charge in [0.2, 0.25) is 10.0 Å². The van der Waals surface area contributed by atoms with Gasteiger partial charge in [-0.2, -0.15) is 0 Å². The number of nitrogens with one attached hydrogen (secondary N) is 1. The van der Waals surface area contributed by atoms with Crippen LogP contribution in [-0.4, -0.2) is 20.6 Å². The molecule has 0 saturated carbocycles. The van der Waals surface area contributed by atoms with Gasteiger partial charge >= 0.3 is 0 Å². The van der Waals surface area contributed by atoms with Crippen LogP contribution in [-0.2, 0) is 16.6 Å². The Morgan fingerprint density at radius 2 is 1.52 bits per heavy atom. The maximum Gasteiger partial charge on any atom is 0.251 e. The van der Waals surface area contributed by atoms with E-state index in [2.05, 4.69) is 31.3 Å². The maximum absolute atomic E-state index is 12.8. The van der Waals surface area contributed by atoms with E-state index in [0.29, 0.717) is 11.3 Å². The van der Waals surface area contributed by atoms with Crippen molar-refractivity contribution in [3.63, 3.8) is 0 Å². The molecule has 0 unspecified atom stereocenters. The summed E-state index contributed by atoms with van der Waals surface area (Å²) in [4.78, 5) is 12.8. The van der Waals surface area contributed by atoms with E-state index in [-0.39, 0.29) is 18.5 Å². The topological polar surface area (TPSA) is 66.5 Å². The second-order valence-corrected chi connectivity index (χ2v) is 10.7. The second-order valence-electron chi connectivity index (χ2n) is 8.80. The van der Waals surface area contributed by atoms with Crippen LogP contribution < -0.4 is 9.62 Å². The summed E-state index contributed by atoms with van der Waals surface area (Å²) < 4.78 is 26.5. The van der Waals surface area contributed by atoms with Gasteiger partial charge in [-0.15, -0.1) is 0 Å². The van der Waals surface area contributed by atoms with Gasteiger partial charge in [-0.25, -0.2) is 8.42 Å². The third-order valence-corrected chi connectivity index (χ3v) is 7.08. The number of rotatable bonds is 7. The van der Waals surface area contributed by atoms with E-state index in [0.717, 1.165) is 22.3 Å². The van der Waals surface area contributed by atoms with Gasteiger partial charge in [0.05, 0.1) is 24.5 Å². The van der Waals surface area contributed by atoms with Crippen molar-refractivity contribution in [1.82, 2.24) is 5.32 Å². The van der Waals surface area contributed by atoms with Crippen LogP contribution >= 0.6 is 0 Å². The van der Waals surface area contributed by atoms with E-state index in [1.807, 2.05) is 45.0 Å². The van der Waals surface area contributed by atoms with Gasteiger partial charge in [0.25, 0.3) is 5.91 Å². The summed E-state index contributed by atoms with van der Waals surface area (Å²) in [7, 11) is -3.48. The van der Waals surface area contributed by atoms with E-state index in [9.17, 15) is 13.2 Å². The van der Waals surface area contributed by atoms with Crippen molar-refractivity contribution in [2.75, 3.05) is 10.6 Å². The molecule has 0 aromatic heterocycles. The van der Waals surface area contributed by atoms with Gasteiger partial charge < -0.3 is 5.32 Å². The van der Waals surface area contributed by atoms with Crippen LogP contribution in [0.1, 0.15) is 56.7 Å². The Balaban J connectivity index is 1.76. The Bertz CT molecular complexity index is 1270. The van der Waals surface area contributed by atoms with Crippen molar-refractivity contribution in [2.45, 2.75) is 47.2 Å². The summed E-state index contributed by atoms with van der Waals surface area (Å²) in [6.07, 6.45) is 1.21. The Hall–Kier alpha value is -3.12. The first-order valence-electron chi connectivity index (χ1n) is 11.0. The first kappa shape index (κ1) is 24.5. The number of hydrogen-bond acceptors (Lipinski definition) is 3. The first-order valence-corrected chi connectivity index (χ1v) is 12.8. The van der Waals surface area contributed by atoms with Crippen molar-refractivity contribution in [3.8, 4) is 0 Å². The molecule has 3 rings (SSSR count). The molecule has 0 saturated heterocycles. The Kier molecular flexibility index (Phi) is 7.28. The molecule has 3 aromatic carbocycles. The number of carbonyl (C=O) groups is 1. The number of amides is 1. The average molecular weight is 465 g/mol. The van der Waals surface area contributed by atoms with Crippen LogP contribution in [0.25, 0.3) is 0 Å². The van der Waals surface area contributed by atoms with Gasteiger partial charge in [-0.3, -0.25) is 9.10 Å². The van der Waals surface area contributed by atoms with E-state index in [1.165, 1.54) is 21.7 Å². The number of benzene rings is 3. The molecule has 174 valence electrons. The summed E-state index contributed by atoms with van der Waals surface area (Å²) in [5, 5.41) is 3.04. The first-order chi connectivity index (χ1) is 15.5. The van der Waals surface area contributed by atoms with Crippen molar-refractivity contribution in [1.29, 1.82) is 0 Å². The van der Waals surface area contributed by atoms with E-state index in [1.54, 1.807) is 24.3 Å². The smallest absolute Gasteiger partial charge is 0.251 e. The number of nitrogens with zero attached hydrogens (tertiary/aromatic N) is 1. The predicted octanol–water partition coefficient (Wildman–Crippen LogP) is 5.38. The van der Waals surface area contributed by atoms with Crippen molar-refractivity contribution in [2.24, 2.45) is 0 Å². The summed E-state index contributed by atoms with van der Waals surface area (Å²) in [5.74, 6) is -0.165. The number of carbonyl (C=O) groups excluding carboxylic acids is 1. The van der Waals surface area contributed by atoms with Crippen molar-refractivity contribution >= 4 is 21.6 Å². The minimum absolute atomic E-state index is 0.124.